The standard InChI is InChI=1S/C10H8ClN4O4PS/c11-8-5-9(13-2-12-8)15(3-14-5)10-6(16)7-4(18-10)1-17-20(21)19-7/h2-4,7,10,20H,1H2/t4-,7?,10-/m1/s1. The molecule has 0 bridgehead atoms. The predicted octanol–water partition coefficient (Wildman–Crippen LogP) is 0.868. The zero-order valence-electron chi connectivity index (χ0n) is 10.3. The van der Waals surface area contributed by atoms with E-state index in [0.29, 0.717) is 11.2 Å². The molecular formula is C10H8ClN4O4PS. The Hall–Kier alpha value is -0.960. The van der Waals surface area contributed by atoms with Gasteiger partial charge in [0, 0.05) is 0 Å². The van der Waals surface area contributed by atoms with Gasteiger partial charge < -0.3 is 13.8 Å². The first kappa shape index (κ1) is 13.7. The lowest BCUT2D eigenvalue weighted by Crippen LogP contribution is -2.34. The second-order valence-corrected chi connectivity index (χ2v) is 6.90. The van der Waals surface area contributed by atoms with E-state index < -0.39 is 25.6 Å². The summed E-state index contributed by atoms with van der Waals surface area (Å²) in [6, 6.07) is 0. The molecule has 2 aliphatic rings. The van der Waals surface area contributed by atoms with E-state index in [9.17, 15) is 4.79 Å². The molecule has 2 unspecified atom stereocenters. The van der Waals surface area contributed by atoms with Gasteiger partial charge in [0.05, 0.1) is 12.9 Å². The fourth-order valence-electron chi connectivity index (χ4n) is 2.37. The van der Waals surface area contributed by atoms with Gasteiger partial charge in [-0.15, -0.1) is 0 Å². The lowest BCUT2D eigenvalue weighted by Gasteiger charge is -2.23. The number of aromatic nitrogens is 4. The Morgan fingerprint density at radius 2 is 2.29 bits per heavy atom. The van der Waals surface area contributed by atoms with Crippen LogP contribution in [0.4, 0.5) is 0 Å². The minimum atomic E-state index is -1.81. The number of halogens is 1. The van der Waals surface area contributed by atoms with Crippen molar-refractivity contribution in [3.05, 3.63) is 17.8 Å². The normalized spacial score (nSPS) is 32.5. The van der Waals surface area contributed by atoms with Gasteiger partial charge in [0.1, 0.15) is 17.9 Å². The maximum absolute atomic E-state index is 12.5. The molecule has 8 nitrogen and oxygen atoms in total. The van der Waals surface area contributed by atoms with Gasteiger partial charge in [0.2, 0.25) is 5.78 Å². The van der Waals surface area contributed by atoms with Crippen molar-refractivity contribution in [2.75, 3.05) is 6.61 Å². The Kier molecular flexibility index (Phi) is 3.29. The summed E-state index contributed by atoms with van der Waals surface area (Å²) >= 11 is 10.9. The summed E-state index contributed by atoms with van der Waals surface area (Å²) in [5.74, 6) is -0.218. The average Bonchev–Trinajstić information content (AvgIpc) is 3.02. The molecule has 0 aromatic carbocycles. The fraction of sp³-hybridized carbons (Fsp3) is 0.400. The van der Waals surface area contributed by atoms with E-state index in [1.807, 2.05) is 0 Å². The Balaban J connectivity index is 1.75. The summed E-state index contributed by atoms with van der Waals surface area (Å²) < 4.78 is 17.9. The number of carbonyl (C=O) groups is 1. The number of hydrogen-bond acceptors (Lipinski definition) is 8. The maximum atomic E-state index is 12.5. The van der Waals surface area contributed by atoms with E-state index in [-0.39, 0.29) is 17.5 Å². The molecule has 2 aliphatic heterocycles. The van der Waals surface area contributed by atoms with E-state index >= 15 is 0 Å². The second kappa shape index (κ2) is 5.05. The molecule has 4 rings (SSSR count). The van der Waals surface area contributed by atoms with E-state index in [2.05, 4.69) is 15.0 Å². The van der Waals surface area contributed by atoms with E-state index in [1.165, 1.54) is 17.2 Å². The molecule has 0 aliphatic carbocycles. The highest BCUT2D eigenvalue weighted by molar-refractivity contribution is 8.00. The zero-order valence-corrected chi connectivity index (χ0v) is 12.9. The first-order valence-corrected chi connectivity index (χ1v) is 8.83. The van der Waals surface area contributed by atoms with Crippen molar-refractivity contribution in [2.45, 2.75) is 18.4 Å². The molecule has 2 aromatic rings. The largest absolute Gasteiger partial charge is 0.341 e. The first-order valence-electron chi connectivity index (χ1n) is 6.01. The number of carbonyl (C=O) groups excluding carboxylic acids is 1. The van der Waals surface area contributed by atoms with Crippen LogP contribution in [0.25, 0.3) is 11.2 Å². The number of fused-ring (bicyclic) bond motifs is 2. The SMILES string of the molecule is O=C1C2O[PH](=S)OC[C@H]2O[C@H]1n1cnc2c(Cl)ncnc21. The second-order valence-electron chi connectivity index (χ2n) is 4.52. The van der Waals surface area contributed by atoms with Gasteiger partial charge in [-0.05, 0) is 11.8 Å². The number of ketones is 1. The molecule has 2 aromatic heterocycles. The molecule has 4 atom stereocenters. The number of nitrogens with zero attached hydrogens (tertiary/aromatic N) is 4. The monoisotopic (exact) mass is 346 g/mol. The van der Waals surface area contributed by atoms with Crippen LogP contribution >= 0.6 is 18.8 Å². The van der Waals surface area contributed by atoms with Crippen LogP contribution < -0.4 is 0 Å². The van der Waals surface area contributed by atoms with Gasteiger partial charge in [0.15, 0.2) is 30.3 Å². The Bertz CT molecular complexity index is 771. The molecule has 21 heavy (non-hydrogen) atoms. The lowest BCUT2D eigenvalue weighted by atomic mass is 10.1. The maximum Gasteiger partial charge on any atom is 0.214 e. The first-order chi connectivity index (χ1) is 10.1. The molecule has 2 saturated heterocycles. The number of ether oxygens (including phenoxy) is 1. The van der Waals surface area contributed by atoms with Crippen LogP contribution in [0.3, 0.4) is 0 Å². The minimum absolute atomic E-state index is 0.218. The third-order valence-corrected chi connectivity index (χ3v) is 5.09. The third-order valence-electron chi connectivity index (χ3n) is 3.32. The van der Waals surface area contributed by atoms with E-state index in [0.717, 1.165) is 0 Å². The van der Waals surface area contributed by atoms with Crippen molar-refractivity contribution < 1.29 is 18.6 Å². The van der Waals surface area contributed by atoms with Gasteiger partial charge >= 0.3 is 0 Å². The number of rotatable bonds is 1. The van der Waals surface area contributed by atoms with Crippen molar-refractivity contribution in [1.29, 1.82) is 0 Å². The third kappa shape index (κ3) is 2.12. The van der Waals surface area contributed by atoms with Crippen molar-refractivity contribution in [3.8, 4) is 0 Å². The van der Waals surface area contributed by atoms with Crippen LogP contribution in [0, 0.1) is 0 Å². The summed E-state index contributed by atoms with van der Waals surface area (Å²) in [4.78, 5) is 24.5. The highest BCUT2D eigenvalue weighted by Crippen LogP contribution is 2.41. The quantitative estimate of drug-likeness (QED) is 0.555. The zero-order chi connectivity index (χ0) is 14.6. The average molecular weight is 347 g/mol. The molecule has 0 spiro atoms. The van der Waals surface area contributed by atoms with Crippen LogP contribution in [0.5, 0.6) is 0 Å². The molecule has 0 radical (unpaired) electrons. The molecular weight excluding hydrogens is 339 g/mol. The molecule has 0 N–H and O–H groups in total. The van der Waals surface area contributed by atoms with Crippen LogP contribution in [0.15, 0.2) is 12.7 Å². The summed E-state index contributed by atoms with van der Waals surface area (Å²) in [7, 11) is -1.81. The smallest absolute Gasteiger partial charge is 0.214 e. The van der Waals surface area contributed by atoms with Gasteiger partial charge in [-0.3, -0.25) is 9.36 Å². The Labute approximate surface area is 129 Å². The number of imidazole rings is 1. The van der Waals surface area contributed by atoms with Crippen molar-refractivity contribution in [1.82, 2.24) is 19.5 Å². The summed E-state index contributed by atoms with van der Waals surface area (Å²) in [5, 5.41) is 0.220. The molecule has 0 amide bonds. The number of hydrogen-bond donors (Lipinski definition) is 0. The van der Waals surface area contributed by atoms with Crippen LogP contribution in [0.1, 0.15) is 6.23 Å². The lowest BCUT2D eigenvalue weighted by molar-refractivity contribution is -0.129. The van der Waals surface area contributed by atoms with Crippen LogP contribution in [-0.4, -0.2) is 44.1 Å². The van der Waals surface area contributed by atoms with Crippen molar-refractivity contribution in [3.63, 3.8) is 0 Å². The van der Waals surface area contributed by atoms with Crippen LogP contribution in [0.2, 0.25) is 5.15 Å². The number of Topliss-reactive ketones (excluding diaryl/α,β-unsaturated/α-hetero) is 1. The van der Waals surface area contributed by atoms with Crippen molar-refractivity contribution in [2.24, 2.45) is 0 Å². The molecule has 110 valence electrons. The molecule has 0 saturated carbocycles. The Morgan fingerprint density at radius 3 is 3.14 bits per heavy atom. The van der Waals surface area contributed by atoms with Gasteiger partial charge in [-0.25, -0.2) is 15.0 Å². The Morgan fingerprint density at radius 1 is 1.43 bits per heavy atom. The highest BCUT2D eigenvalue weighted by atomic mass is 35.5. The molecule has 11 heteroatoms. The highest BCUT2D eigenvalue weighted by Gasteiger charge is 2.48. The van der Waals surface area contributed by atoms with Gasteiger partial charge in [-0.2, -0.15) is 0 Å². The van der Waals surface area contributed by atoms with Crippen molar-refractivity contribution >= 4 is 47.5 Å². The molecule has 4 heterocycles. The summed E-state index contributed by atoms with van der Waals surface area (Å²) in [5.41, 5.74) is 0.840. The summed E-state index contributed by atoms with van der Waals surface area (Å²) in [6.45, 7) is 0.257. The fourth-order valence-corrected chi connectivity index (χ4v) is 3.91. The summed E-state index contributed by atoms with van der Waals surface area (Å²) in [6.07, 6.45) is 0.728. The topological polar surface area (TPSA) is 88.4 Å². The van der Waals surface area contributed by atoms with Gasteiger partial charge in [0.25, 0.3) is 0 Å². The van der Waals surface area contributed by atoms with Crippen LogP contribution in [-0.2, 0) is 30.4 Å². The molecule has 2 fully saturated rings. The van der Waals surface area contributed by atoms with E-state index in [1.54, 1.807) is 0 Å². The van der Waals surface area contributed by atoms with E-state index in [4.69, 9.17) is 37.2 Å². The van der Waals surface area contributed by atoms with Gasteiger partial charge in [-0.1, -0.05) is 11.6 Å². The predicted molar refractivity (Wildman–Crippen MR) is 75.8 cm³/mol. The minimum Gasteiger partial charge on any atom is -0.341 e.